The second-order valence-electron chi connectivity index (χ2n) is 3.84. The number of nitrogens with two attached hydrogens (primary N) is 1. The first-order valence-corrected chi connectivity index (χ1v) is 5.72. The van der Waals surface area contributed by atoms with Crippen LogP contribution in [0.15, 0.2) is 4.99 Å². The summed E-state index contributed by atoms with van der Waals surface area (Å²) in [6.07, 6.45) is 6.10. The molecule has 1 saturated carbocycles. The first-order chi connectivity index (χ1) is 6.84. The minimum Gasteiger partial charge on any atom is -0.387 e. The Labute approximate surface area is 86.7 Å². The lowest BCUT2D eigenvalue weighted by Gasteiger charge is -2.07. The molecule has 1 rings (SSSR count). The highest BCUT2D eigenvalue weighted by Crippen LogP contribution is 2.24. The number of nitrogens with zero attached hydrogens (tertiary/aromatic N) is 1. The average Bonchev–Trinajstić information content (AvgIpc) is 2.70. The summed E-state index contributed by atoms with van der Waals surface area (Å²) in [5, 5.41) is 0. The molecule has 0 bridgehead atoms. The van der Waals surface area contributed by atoms with E-state index in [1.54, 1.807) is 0 Å². The quantitative estimate of drug-likeness (QED) is 0.403. The molecule has 0 amide bonds. The molecule has 1 aliphatic carbocycles. The van der Waals surface area contributed by atoms with Crippen molar-refractivity contribution in [3.63, 3.8) is 0 Å². The van der Waals surface area contributed by atoms with Crippen LogP contribution in [0.3, 0.4) is 0 Å². The first-order valence-electron chi connectivity index (χ1n) is 5.72. The summed E-state index contributed by atoms with van der Waals surface area (Å²) in [7, 11) is 0. The van der Waals surface area contributed by atoms with Crippen molar-refractivity contribution in [1.82, 2.24) is 0 Å². The lowest BCUT2D eigenvalue weighted by atomic mass is 10.1. The van der Waals surface area contributed by atoms with Crippen LogP contribution in [-0.2, 0) is 4.74 Å². The monoisotopic (exact) mass is 198 g/mol. The third kappa shape index (κ3) is 4.09. The van der Waals surface area contributed by atoms with E-state index in [4.69, 9.17) is 10.5 Å². The Hall–Kier alpha value is -0.570. The van der Waals surface area contributed by atoms with Gasteiger partial charge in [-0.25, -0.2) is 0 Å². The zero-order valence-corrected chi connectivity index (χ0v) is 9.17. The zero-order valence-electron chi connectivity index (χ0n) is 9.17. The molecule has 0 heterocycles. The number of ether oxygens (including phenoxy) is 1. The second kappa shape index (κ2) is 6.82. The fourth-order valence-electron chi connectivity index (χ4n) is 1.87. The van der Waals surface area contributed by atoms with E-state index in [-0.39, 0.29) is 0 Å². The molecule has 0 aliphatic heterocycles. The van der Waals surface area contributed by atoms with E-state index >= 15 is 0 Å². The van der Waals surface area contributed by atoms with Gasteiger partial charge in [-0.15, -0.1) is 0 Å². The van der Waals surface area contributed by atoms with Gasteiger partial charge in [0, 0.05) is 25.7 Å². The van der Waals surface area contributed by atoms with Crippen LogP contribution in [0.2, 0.25) is 0 Å². The molecule has 1 aliphatic rings. The Morgan fingerprint density at radius 3 is 2.79 bits per heavy atom. The largest absolute Gasteiger partial charge is 0.387 e. The SMILES string of the molecule is CCOCCCN=C(N)C1CCCC1. The van der Waals surface area contributed by atoms with Crippen LogP contribution in [0.4, 0.5) is 0 Å². The van der Waals surface area contributed by atoms with Crippen molar-refractivity contribution in [3.05, 3.63) is 0 Å². The molecule has 0 saturated heterocycles. The van der Waals surface area contributed by atoms with E-state index in [0.29, 0.717) is 5.92 Å². The first kappa shape index (κ1) is 11.5. The van der Waals surface area contributed by atoms with Crippen LogP contribution in [0.5, 0.6) is 0 Å². The van der Waals surface area contributed by atoms with Gasteiger partial charge in [0.25, 0.3) is 0 Å². The number of rotatable bonds is 6. The van der Waals surface area contributed by atoms with Crippen molar-refractivity contribution in [2.45, 2.75) is 39.0 Å². The van der Waals surface area contributed by atoms with Gasteiger partial charge in [-0.05, 0) is 26.2 Å². The Kier molecular flexibility index (Phi) is 5.60. The lowest BCUT2D eigenvalue weighted by molar-refractivity contribution is 0.146. The highest BCUT2D eigenvalue weighted by molar-refractivity contribution is 5.83. The van der Waals surface area contributed by atoms with Crippen LogP contribution >= 0.6 is 0 Å². The van der Waals surface area contributed by atoms with Crippen molar-refractivity contribution in [1.29, 1.82) is 0 Å². The molecular formula is C11H22N2O. The fourth-order valence-corrected chi connectivity index (χ4v) is 1.87. The Morgan fingerprint density at radius 2 is 2.14 bits per heavy atom. The lowest BCUT2D eigenvalue weighted by Crippen LogP contribution is -2.21. The van der Waals surface area contributed by atoms with Crippen molar-refractivity contribution in [2.75, 3.05) is 19.8 Å². The zero-order chi connectivity index (χ0) is 10.2. The normalized spacial score (nSPS) is 19.1. The average molecular weight is 198 g/mol. The smallest absolute Gasteiger partial charge is 0.0968 e. The highest BCUT2D eigenvalue weighted by Gasteiger charge is 2.17. The van der Waals surface area contributed by atoms with E-state index in [1.807, 2.05) is 6.92 Å². The molecule has 2 N–H and O–H groups in total. The van der Waals surface area contributed by atoms with Crippen molar-refractivity contribution in [3.8, 4) is 0 Å². The molecule has 0 aromatic heterocycles. The third-order valence-corrected chi connectivity index (χ3v) is 2.72. The summed E-state index contributed by atoms with van der Waals surface area (Å²) >= 11 is 0. The Morgan fingerprint density at radius 1 is 1.43 bits per heavy atom. The van der Waals surface area contributed by atoms with Crippen molar-refractivity contribution < 1.29 is 4.74 Å². The van der Waals surface area contributed by atoms with Crippen LogP contribution < -0.4 is 5.73 Å². The maximum absolute atomic E-state index is 5.90. The summed E-state index contributed by atoms with van der Waals surface area (Å²) in [6, 6.07) is 0. The molecular weight excluding hydrogens is 176 g/mol. The summed E-state index contributed by atoms with van der Waals surface area (Å²) in [6.45, 7) is 4.43. The van der Waals surface area contributed by atoms with E-state index in [0.717, 1.165) is 32.0 Å². The van der Waals surface area contributed by atoms with Gasteiger partial charge in [-0.1, -0.05) is 12.8 Å². The predicted octanol–water partition coefficient (Wildman–Crippen LogP) is 1.96. The van der Waals surface area contributed by atoms with E-state index in [9.17, 15) is 0 Å². The second-order valence-corrected chi connectivity index (χ2v) is 3.84. The maximum Gasteiger partial charge on any atom is 0.0968 e. The summed E-state index contributed by atoms with van der Waals surface area (Å²) in [4.78, 5) is 4.39. The minimum atomic E-state index is 0.571. The molecule has 0 radical (unpaired) electrons. The number of hydrogen-bond donors (Lipinski definition) is 1. The van der Waals surface area contributed by atoms with Crippen LogP contribution in [0.1, 0.15) is 39.0 Å². The Bertz CT molecular complexity index is 174. The summed E-state index contributed by atoms with van der Waals surface area (Å²) in [5.74, 6) is 1.45. The van der Waals surface area contributed by atoms with E-state index < -0.39 is 0 Å². The summed E-state index contributed by atoms with van der Waals surface area (Å²) < 4.78 is 5.23. The molecule has 0 unspecified atom stereocenters. The van der Waals surface area contributed by atoms with E-state index in [2.05, 4.69) is 4.99 Å². The molecule has 1 fully saturated rings. The number of aliphatic imine (C=N–C) groups is 1. The van der Waals surface area contributed by atoms with Crippen LogP contribution in [0, 0.1) is 5.92 Å². The van der Waals surface area contributed by atoms with Gasteiger partial charge in [0.1, 0.15) is 0 Å². The van der Waals surface area contributed by atoms with Gasteiger partial charge in [0.2, 0.25) is 0 Å². The van der Waals surface area contributed by atoms with Crippen LogP contribution in [-0.4, -0.2) is 25.6 Å². The topological polar surface area (TPSA) is 47.6 Å². The highest BCUT2D eigenvalue weighted by atomic mass is 16.5. The molecule has 3 heteroatoms. The van der Waals surface area contributed by atoms with Gasteiger partial charge in [0.05, 0.1) is 5.84 Å². The number of hydrogen-bond acceptors (Lipinski definition) is 2. The van der Waals surface area contributed by atoms with Gasteiger partial charge in [0.15, 0.2) is 0 Å². The molecule has 82 valence electrons. The molecule has 14 heavy (non-hydrogen) atoms. The minimum absolute atomic E-state index is 0.571. The summed E-state index contributed by atoms with van der Waals surface area (Å²) in [5.41, 5.74) is 5.90. The molecule has 3 nitrogen and oxygen atoms in total. The standard InChI is InChI=1S/C11H22N2O/c1-2-14-9-5-8-13-11(12)10-6-3-4-7-10/h10H,2-9H2,1H3,(H2,12,13). The predicted molar refractivity (Wildman–Crippen MR) is 59.6 cm³/mol. The van der Waals surface area contributed by atoms with Crippen molar-refractivity contribution >= 4 is 5.84 Å². The van der Waals surface area contributed by atoms with Crippen LogP contribution in [0.25, 0.3) is 0 Å². The van der Waals surface area contributed by atoms with Crippen molar-refractivity contribution in [2.24, 2.45) is 16.6 Å². The molecule has 0 spiro atoms. The number of amidine groups is 1. The van der Waals surface area contributed by atoms with Gasteiger partial charge in [-0.2, -0.15) is 0 Å². The van der Waals surface area contributed by atoms with Gasteiger partial charge < -0.3 is 10.5 Å². The van der Waals surface area contributed by atoms with Gasteiger partial charge >= 0.3 is 0 Å². The Balaban J connectivity index is 2.09. The molecule has 0 aromatic rings. The fraction of sp³-hybridized carbons (Fsp3) is 0.909. The molecule has 0 atom stereocenters. The van der Waals surface area contributed by atoms with Gasteiger partial charge in [-0.3, -0.25) is 4.99 Å². The van der Waals surface area contributed by atoms with E-state index in [1.165, 1.54) is 25.7 Å². The molecule has 0 aromatic carbocycles. The third-order valence-electron chi connectivity index (χ3n) is 2.72. The maximum atomic E-state index is 5.90.